The molecule has 0 aliphatic carbocycles. The van der Waals surface area contributed by atoms with Gasteiger partial charge in [-0.15, -0.1) is 0 Å². The first-order valence-corrected chi connectivity index (χ1v) is 41.5. The third-order valence-corrected chi connectivity index (χ3v) is 19.4. The lowest BCUT2D eigenvalue weighted by Crippen LogP contribution is -2.37. The molecule has 2 atom stereocenters. The Balaban J connectivity index is 3.90. The van der Waals surface area contributed by atoms with Crippen LogP contribution in [0.5, 0.6) is 0 Å². The molecule has 0 aliphatic rings. The van der Waals surface area contributed by atoms with Crippen molar-refractivity contribution >= 4 is 19.8 Å². The number of likely N-dealkylation sites (N-methyl/N-ethyl adjacent to an activating group) is 1. The van der Waals surface area contributed by atoms with Gasteiger partial charge in [0.15, 0.2) is 6.10 Å². The van der Waals surface area contributed by atoms with Crippen molar-refractivity contribution in [2.75, 3.05) is 47.5 Å². The summed E-state index contributed by atoms with van der Waals surface area (Å²) in [6.07, 6.45) is 91.7. The van der Waals surface area contributed by atoms with Crippen molar-refractivity contribution in [3.63, 3.8) is 0 Å². The molecule has 0 fully saturated rings. The van der Waals surface area contributed by atoms with E-state index in [9.17, 15) is 19.0 Å². The molecular formula is C80H156NO8P. The summed E-state index contributed by atoms with van der Waals surface area (Å²) in [6.45, 7) is 4.32. The number of quaternary nitrogens is 1. The zero-order valence-electron chi connectivity index (χ0n) is 61.1. The van der Waals surface area contributed by atoms with Gasteiger partial charge in [0.25, 0.3) is 7.82 Å². The molecule has 0 amide bonds. The zero-order valence-corrected chi connectivity index (χ0v) is 62.0. The fourth-order valence-corrected chi connectivity index (χ4v) is 13.1. The summed E-state index contributed by atoms with van der Waals surface area (Å²) in [5.41, 5.74) is 0. The molecule has 0 radical (unpaired) electrons. The van der Waals surface area contributed by atoms with E-state index in [2.05, 4.69) is 38.2 Å². The third kappa shape index (κ3) is 75.5. The Bertz CT molecular complexity index is 1560. The van der Waals surface area contributed by atoms with Gasteiger partial charge in [0.1, 0.15) is 19.8 Å². The van der Waals surface area contributed by atoms with Gasteiger partial charge in [0, 0.05) is 12.8 Å². The lowest BCUT2D eigenvalue weighted by Gasteiger charge is -2.28. The summed E-state index contributed by atoms with van der Waals surface area (Å²) >= 11 is 0. The molecule has 0 bridgehead atoms. The van der Waals surface area contributed by atoms with Gasteiger partial charge in [-0.05, 0) is 44.9 Å². The Kier molecular flexibility index (Phi) is 70.6. The van der Waals surface area contributed by atoms with E-state index in [1.165, 1.54) is 353 Å². The smallest absolute Gasteiger partial charge is 0.306 e. The van der Waals surface area contributed by atoms with Crippen molar-refractivity contribution in [1.29, 1.82) is 0 Å². The van der Waals surface area contributed by atoms with Crippen molar-refractivity contribution in [2.45, 2.75) is 431 Å². The summed E-state index contributed by atoms with van der Waals surface area (Å²) in [5, 5.41) is 0. The number of allylic oxidation sites excluding steroid dienone is 4. The minimum atomic E-state index is -4.64. The topological polar surface area (TPSA) is 111 Å². The van der Waals surface area contributed by atoms with Crippen molar-refractivity contribution < 1.29 is 42.1 Å². The molecule has 0 heterocycles. The van der Waals surface area contributed by atoms with E-state index < -0.39 is 26.5 Å². The van der Waals surface area contributed by atoms with Crippen LogP contribution in [0.4, 0.5) is 0 Å². The fraction of sp³-hybridized carbons (Fsp3) is 0.925. The summed E-state index contributed by atoms with van der Waals surface area (Å²) < 4.78 is 34.4. The second-order valence-electron chi connectivity index (χ2n) is 28.8. The summed E-state index contributed by atoms with van der Waals surface area (Å²) in [5.74, 6) is -0.804. The number of carbonyl (C=O) groups excluding carboxylic acids is 2. The van der Waals surface area contributed by atoms with E-state index in [0.29, 0.717) is 17.4 Å². The monoisotopic (exact) mass is 1290 g/mol. The average molecular weight is 1290 g/mol. The largest absolute Gasteiger partial charge is 0.756 e. The predicted molar refractivity (Wildman–Crippen MR) is 388 cm³/mol. The van der Waals surface area contributed by atoms with Crippen LogP contribution in [0.15, 0.2) is 24.3 Å². The number of esters is 2. The number of nitrogens with zero attached hydrogens (tertiary/aromatic N) is 1. The first kappa shape index (κ1) is 88.5. The van der Waals surface area contributed by atoms with Crippen LogP contribution in [0.2, 0.25) is 0 Å². The van der Waals surface area contributed by atoms with Crippen molar-refractivity contribution in [3.05, 3.63) is 24.3 Å². The highest BCUT2D eigenvalue weighted by molar-refractivity contribution is 7.45. The van der Waals surface area contributed by atoms with Crippen LogP contribution >= 0.6 is 7.82 Å². The molecule has 2 unspecified atom stereocenters. The number of hydrogen-bond donors (Lipinski definition) is 0. The summed E-state index contributed by atoms with van der Waals surface area (Å²) in [6, 6.07) is 0. The number of rotatable bonds is 76. The van der Waals surface area contributed by atoms with Crippen LogP contribution in [-0.4, -0.2) is 70.0 Å². The SMILES string of the molecule is CCCCCCC/C=C\C/C=C\CCCCCCCCCCCCCCCCCCCCCCCCCC(=O)OC(COC(=O)CCCCCCCCCCCCCCCCCCCCCCCCCCCCCCCCC)COP(=O)([O-])OCC[N+](C)(C)C. The fourth-order valence-electron chi connectivity index (χ4n) is 12.3. The van der Waals surface area contributed by atoms with Crippen LogP contribution < -0.4 is 4.89 Å². The van der Waals surface area contributed by atoms with Crippen LogP contribution in [-0.2, 0) is 32.7 Å². The number of carbonyl (C=O) groups is 2. The molecule has 0 aliphatic heterocycles. The number of hydrogen-bond acceptors (Lipinski definition) is 8. The Morgan fingerprint density at radius 2 is 0.600 bits per heavy atom. The number of phosphoric ester groups is 1. The standard InChI is InChI=1S/C80H156NO8P/c1-6-8-10-12-14-16-18-20-22-24-26-28-30-32-34-36-38-39-40-41-43-45-47-49-51-53-55-57-59-61-63-65-67-69-71-73-80(83)89-78(77-88-90(84,85)87-75-74-81(3,4)5)76-86-79(82)72-70-68-66-64-62-60-58-56-54-52-50-48-46-44-42-37-35-33-31-29-27-25-23-21-19-17-15-13-11-9-7-2/h18,20,24,26,78H,6-17,19,21-23,25,27-77H2,1-5H3/b20-18-,26-24-. The van der Waals surface area contributed by atoms with Gasteiger partial charge in [0.2, 0.25) is 0 Å². The molecule has 0 saturated carbocycles. The Morgan fingerprint density at radius 3 is 0.878 bits per heavy atom. The number of phosphoric acid groups is 1. The molecule has 90 heavy (non-hydrogen) atoms. The van der Waals surface area contributed by atoms with Gasteiger partial charge in [0.05, 0.1) is 27.7 Å². The molecule has 9 nitrogen and oxygen atoms in total. The Morgan fingerprint density at radius 1 is 0.344 bits per heavy atom. The van der Waals surface area contributed by atoms with Crippen molar-refractivity contribution in [3.8, 4) is 0 Å². The molecule has 534 valence electrons. The van der Waals surface area contributed by atoms with Crippen molar-refractivity contribution in [1.82, 2.24) is 0 Å². The lowest BCUT2D eigenvalue weighted by atomic mass is 10.0. The van der Waals surface area contributed by atoms with Gasteiger partial charge in [-0.25, -0.2) is 0 Å². The molecule has 0 aromatic carbocycles. The van der Waals surface area contributed by atoms with Crippen LogP contribution in [0, 0.1) is 0 Å². The molecule has 0 N–H and O–H groups in total. The summed E-state index contributed by atoms with van der Waals surface area (Å²) in [7, 11) is 1.19. The lowest BCUT2D eigenvalue weighted by molar-refractivity contribution is -0.870. The average Bonchev–Trinajstić information content (AvgIpc) is 3.61. The quantitative estimate of drug-likeness (QED) is 0.0195. The van der Waals surface area contributed by atoms with E-state index in [1.54, 1.807) is 0 Å². The zero-order chi connectivity index (χ0) is 65.5. The molecule has 0 aromatic heterocycles. The predicted octanol–water partition coefficient (Wildman–Crippen LogP) is 25.8. The molecule has 0 rings (SSSR count). The first-order valence-electron chi connectivity index (χ1n) is 40.0. The van der Waals surface area contributed by atoms with Gasteiger partial charge >= 0.3 is 11.9 Å². The van der Waals surface area contributed by atoms with Gasteiger partial charge in [-0.2, -0.15) is 0 Å². The highest BCUT2D eigenvalue weighted by Gasteiger charge is 2.22. The Labute approximate surface area is 561 Å². The second-order valence-corrected chi connectivity index (χ2v) is 30.2. The minimum Gasteiger partial charge on any atom is -0.756 e. The van der Waals surface area contributed by atoms with E-state index in [-0.39, 0.29) is 32.0 Å². The van der Waals surface area contributed by atoms with Crippen LogP contribution in [0.3, 0.4) is 0 Å². The number of unbranched alkanes of at least 4 members (excludes halogenated alkanes) is 58. The first-order chi connectivity index (χ1) is 44.0. The summed E-state index contributed by atoms with van der Waals surface area (Å²) in [4.78, 5) is 38.2. The van der Waals surface area contributed by atoms with Crippen LogP contribution in [0.1, 0.15) is 425 Å². The highest BCUT2D eigenvalue weighted by Crippen LogP contribution is 2.38. The van der Waals surface area contributed by atoms with Gasteiger partial charge in [-0.1, -0.05) is 391 Å². The molecule has 0 spiro atoms. The molecule has 0 aromatic rings. The minimum absolute atomic E-state index is 0.0262. The van der Waals surface area contributed by atoms with Gasteiger partial charge in [-0.3, -0.25) is 14.2 Å². The molecule has 0 saturated heterocycles. The maximum Gasteiger partial charge on any atom is 0.306 e. The van der Waals surface area contributed by atoms with E-state index >= 15 is 0 Å². The normalized spacial score (nSPS) is 13.1. The maximum absolute atomic E-state index is 12.9. The second kappa shape index (κ2) is 71.8. The highest BCUT2D eigenvalue weighted by atomic mass is 31.2. The van der Waals surface area contributed by atoms with E-state index in [0.717, 1.165) is 38.5 Å². The van der Waals surface area contributed by atoms with Crippen molar-refractivity contribution in [2.24, 2.45) is 0 Å². The molecule has 10 heteroatoms. The van der Waals surface area contributed by atoms with Gasteiger partial charge < -0.3 is 27.9 Å². The third-order valence-electron chi connectivity index (χ3n) is 18.5. The molecular weight excluding hydrogens is 1130 g/mol. The number of ether oxygens (including phenoxy) is 2. The Hall–Kier alpha value is -1.51. The maximum atomic E-state index is 12.9. The van der Waals surface area contributed by atoms with E-state index in [1.807, 2.05) is 21.1 Å². The van der Waals surface area contributed by atoms with E-state index in [4.69, 9.17) is 18.5 Å². The van der Waals surface area contributed by atoms with Crippen LogP contribution in [0.25, 0.3) is 0 Å².